The zero-order valence-electron chi connectivity index (χ0n) is 10.4. The van der Waals surface area contributed by atoms with Crippen molar-refractivity contribution in [3.63, 3.8) is 0 Å². The zero-order valence-corrected chi connectivity index (χ0v) is 11.2. The number of amides is 1. The Balaban J connectivity index is 2.29. The van der Waals surface area contributed by atoms with Crippen LogP contribution in [0, 0.1) is 6.92 Å². The molecule has 0 unspecified atom stereocenters. The highest BCUT2D eigenvalue weighted by Crippen LogP contribution is 2.36. The Morgan fingerprint density at radius 3 is 2.68 bits per heavy atom. The van der Waals surface area contributed by atoms with Crippen molar-refractivity contribution in [1.29, 1.82) is 0 Å². The molecule has 0 aliphatic carbocycles. The number of hydrogen-bond acceptors (Lipinski definition) is 3. The van der Waals surface area contributed by atoms with Gasteiger partial charge in [0.15, 0.2) is 0 Å². The topological polar surface area (TPSA) is 56.0 Å². The van der Waals surface area contributed by atoms with E-state index in [-0.39, 0.29) is 0 Å². The highest BCUT2D eigenvalue weighted by molar-refractivity contribution is 7.22. The van der Waals surface area contributed by atoms with Gasteiger partial charge in [-0.1, -0.05) is 30.3 Å². The van der Waals surface area contributed by atoms with Gasteiger partial charge in [0.2, 0.25) is 0 Å². The van der Waals surface area contributed by atoms with Crippen LogP contribution in [0.1, 0.15) is 16.1 Å². The molecule has 0 fully saturated rings. The van der Waals surface area contributed by atoms with E-state index in [0.29, 0.717) is 5.56 Å². The molecule has 0 bridgehead atoms. The third-order valence-corrected chi connectivity index (χ3v) is 4.29. The average molecular weight is 268 g/mol. The first-order chi connectivity index (χ1) is 9.16. The van der Waals surface area contributed by atoms with E-state index in [2.05, 4.69) is 23.2 Å². The molecule has 3 nitrogen and oxygen atoms in total. The summed E-state index contributed by atoms with van der Waals surface area (Å²) in [6.07, 6.45) is 1.56. The monoisotopic (exact) mass is 268 g/mol. The van der Waals surface area contributed by atoms with Crippen molar-refractivity contribution >= 4 is 27.3 Å². The fourth-order valence-corrected chi connectivity index (χ4v) is 3.30. The summed E-state index contributed by atoms with van der Waals surface area (Å²) in [6, 6.07) is 12.2. The molecule has 1 amide bonds. The molecule has 0 aliphatic rings. The van der Waals surface area contributed by atoms with Crippen LogP contribution in [-0.4, -0.2) is 10.9 Å². The number of aromatic nitrogens is 1. The van der Waals surface area contributed by atoms with Gasteiger partial charge in [0.25, 0.3) is 5.91 Å². The molecular formula is C15H12N2OS. The van der Waals surface area contributed by atoms with Crippen molar-refractivity contribution in [1.82, 2.24) is 4.98 Å². The summed E-state index contributed by atoms with van der Waals surface area (Å²) < 4.78 is 0.916. The highest BCUT2D eigenvalue weighted by atomic mass is 32.1. The quantitative estimate of drug-likeness (QED) is 0.774. The first-order valence-corrected chi connectivity index (χ1v) is 6.73. The van der Waals surface area contributed by atoms with Crippen LogP contribution in [0.3, 0.4) is 0 Å². The number of rotatable bonds is 2. The Labute approximate surface area is 114 Å². The normalized spacial score (nSPS) is 10.8. The minimum atomic E-state index is -0.432. The Morgan fingerprint density at radius 1 is 1.26 bits per heavy atom. The number of fused-ring (bicyclic) bond motifs is 1. The van der Waals surface area contributed by atoms with Crippen molar-refractivity contribution in [2.75, 3.05) is 0 Å². The SMILES string of the molecule is Cc1ncc(C(N)=O)c2sc(-c3ccccc3)cc12. The van der Waals surface area contributed by atoms with E-state index in [0.717, 1.165) is 26.2 Å². The molecule has 4 heteroatoms. The van der Waals surface area contributed by atoms with Gasteiger partial charge in [-0.2, -0.15) is 0 Å². The molecule has 0 atom stereocenters. The molecular weight excluding hydrogens is 256 g/mol. The van der Waals surface area contributed by atoms with Crippen molar-refractivity contribution < 1.29 is 4.79 Å². The lowest BCUT2D eigenvalue weighted by Gasteiger charge is -1.99. The van der Waals surface area contributed by atoms with Crippen LogP contribution in [-0.2, 0) is 0 Å². The van der Waals surface area contributed by atoms with E-state index in [4.69, 9.17) is 5.73 Å². The van der Waals surface area contributed by atoms with Crippen LogP contribution >= 0.6 is 11.3 Å². The fourth-order valence-electron chi connectivity index (χ4n) is 2.07. The van der Waals surface area contributed by atoms with Crippen LogP contribution < -0.4 is 5.73 Å². The van der Waals surface area contributed by atoms with Gasteiger partial charge in [0.1, 0.15) is 0 Å². The molecule has 3 aromatic rings. The fraction of sp³-hybridized carbons (Fsp3) is 0.0667. The maximum Gasteiger partial charge on any atom is 0.251 e. The summed E-state index contributed by atoms with van der Waals surface area (Å²) in [6.45, 7) is 1.94. The summed E-state index contributed by atoms with van der Waals surface area (Å²) in [5.41, 5.74) is 7.95. The molecule has 0 saturated carbocycles. The Morgan fingerprint density at radius 2 is 2.00 bits per heavy atom. The molecule has 3 rings (SSSR count). The second kappa shape index (κ2) is 4.48. The molecule has 0 saturated heterocycles. The molecule has 2 heterocycles. The van der Waals surface area contributed by atoms with E-state index in [1.54, 1.807) is 17.5 Å². The van der Waals surface area contributed by atoms with E-state index in [9.17, 15) is 4.79 Å². The Kier molecular flexibility index (Phi) is 2.80. The van der Waals surface area contributed by atoms with Crippen molar-refractivity contribution in [2.24, 2.45) is 5.73 Å². The average Bonchev–Trinajstić information content (AvgIpc) is 2.85. The lowest BCUT2D eigenvalue weighted by Crippen LogP contribution is -2.11. The number of pyridine rings is 1. The van der Waals surface area contributed by atoms with Gasteiger partial charge < -0.3 is 5.73 Å². The summed E-state index contributed by atoms with van der Waals surface area (Å²) in [5.74, 6) is -0.432. The largest absolute Gasteiger partial charge is 0.366 e. The van der Waals surface area contributed by atoms with E-state index in [1.807, 2.05) is 25.1 Å². The van der Waals surface area contributed by atoms with Gasteiger partial charge in [-0.25, -0.2) is 0 Å². The lowest BCUT2D eigenvalue weighted by atomic mass is 10.1. The number of aryl methyl sites for hydroxylation is 1. The molecule has 19 heavy (non-hydrogen) atoms. The summed E-state index contributed by atoms with van der Waals surface area (Å²) in [5, 5.41) is 1.00. The predicted molar refractivity (Wildman–Crippen MR) is 78.3 cm³/mol. The molecule has 2 aromatic heterocycles. The van der Waals surface area contributed by atoms with Gasteiger partial charge in [-0.3, -0.25) is 9.78 Å². The molecule has 94 valence electrons. The van der Waals surface area contributed by atoms with E-state index < -0.39 is 5.91 Å². The van der Waals surface area contributed by atoms with Crippen LogP contribution in [0.4, 0.5) is 0 Å². The first kappa shape index (κ1) is 11.9. The Hall–Kier alpha value is -2.20. The van der Waals surface area contributed by atoms with Crippen molar-refractivity contribution in [2.45, 2.75) is 6.92 Å². The maximum atomic E-state index is 11.5. The minimum absolute atomic E-state index is 0.432. The van der Waals surface area contributed by atoms with Gasteiger partial charge in [-0.05, 0) is 18.6 Å². The number of benzene rings is 1. The first-order valence-electron chi connectivity index (χ1n) is 5.91. The number of nitrogens with two attached hydrogens (primary N) is 1. The smallest absolute Gasteiger partial charge is 0.251 e. The lowest BCUT2D eigenvalue weighted by molar-refractivity contribution is 0.100. The number of hydrogen-bond donors (Lipinski definition) is 1. The van der Waals surface area contributed by atoms with Gasteiger partial charge >= 0.3 is 0 Å². The zero-order chi connectivity index (χ0) is 13.4. The number of primary amides is 1. The number of thiophene rings is 1. The third kappa shape index (κ3) is 2.00. The molecule has 0 radical (unpaired) electrons. The summed E-state index contributed by atoms with van der Waals surface area (Å²) >= 11 is 1.58. The highest BCUT2D eigenvalue weighted by Gasteiger charge is 2.13. The number of carbonyl (C=O) groups is 1. The standard InChI is InChI=1S/C15H12N2OS/c1-9-11-7-13(10-5-3-2-4-6-10)19-14(11)12(8-17-9)15(16)18/h2-8H,1H3,(H2,16,18). The van der Waals surface area contributed by atoms with Crippen molar-refractivity contribution in [3.8, 4) is 10.4 Å². The predicted octanol–water partition coefficient (Wildman–Crippen LogP) is 3.37. The van der Waals surface area contributed by atoms with Gasteiger partial charge in [-0.15, -0.1) is 11.3 Å². The maximum absolute atomic E-state index is 11.5. The third-order valence-electron chi connectivity index (χ3n) is 3.08. The van der Waals surface area contributed by atoms with Crippen LogP contribution in [0.5, 0.6) is 0 Å². The Bertz CT molecular complexity index is 762. The van der Waals surface area contributed by atoms with E-state index >= 15 is 0 Å². The van der Waals surface area contributed by atoms with Gasteiger partial charge in [0, 0.05) is 22.2 Å². The van der Waals surface area contributed by atoms with Crippen molar-refractivity contribution in [3.05, 3.63) is 53.9 Å². The molecule has 0 spiro atoms. The second-order valence-corrected chi connectivity index (χ2v) is 5.39. The summed E-state index contributed by atoms with van der Waals surface area (Å²) in [4.78, 5) is 16.8. The minimum Gasteiger partial charge on any atom is -0.366 e. The number of carbonyl (C=O) groups excluding carboxylic acids is 1. The second-order valence-electron chi connectivity index (χ2n) is 4.34. The van der Waals surface area contributed by atoms with Crippen LogP contribution in [0.15, 0.2) is 42.6 Å². The van der Waals surface area contributed by atoms with E-state index in [1.165, 1.54) is 0 Å². The molecule has 2 N–H and O–H groups in total. The molecule has 1 aromatic carbocycles. The van der Waals surface area contributed by atoms with Crippen LogP contribution in [0.2, 0.25) is 0 Å². The van der Waals surface area contributed by atoms with Gasteiger partial charge in [0.05, 0.1) is 10.3 Å². The summed E-state index contributed by atoms with van der Waals surface area (Å²) in [7, 11) is 0. The molecule has 0 aliphatic heterocycles. The number of nitrogens with zero attached hydrogens (tertiary/aromatic N) is 1. The van der Waals surface area contributed by atoms with Crippen LogP contribution in [0.25, 0.3) is 20.5 Å².